The van der Waals surface area contributed by atoms with E-state index in [2.05, 4.69) is 27.9 Å². The number of benzene rings is 1. The Morgan fingerprint density at radius 1 is 1.38 bits per heavy atom. The Bertz CT molecular complexity index is 353. The quantitative estimate of drug-likeness (QED) is 0.801. The smallest absolute Gasteiger partial charge is 0.174 e. The molecule has 0 aliphatic heterocycles. The second kappa shape index (κ2) is 6.27. The predicted octanol–water partition coefficient (Wildman–Crippen LogP) is 1.56. The maximum absolute atomic E-state index is 9.22. The monoisotopic (exact) mass is 337 g/mol. The van der Waals surface area contributed by atoms with Crippen LogP contribution in [0, 0.1) is 3.57 Å². The van der Waals surface area contributed by atoms with Crippen LogP contribution < -0.4 is 14.8 Å². The van der Waals surface area contributed by atoms with Gasteiger partial charge in [-0.1, -0.05) is 0 Å². The van der Waals surface area contributed by atoms with Crippen LogP contribution in [0.25, 0.3) is 0 Å². The molecule has 5 heteroatoms. The Morgan fingerprint density at radius 3 is 2.50 bits per heavy atom. The molecule has 0 bridgehead atoms. The van der Waals surface area contributed by atoms with E-state index in [0.29, 0.717) is 5.75 Å². The molecule has 0 saturated carbocycles. The standard InChI is InChI=1S/C11H16INO3/c1-13-9(6-14)7-4-8(12)11(16-3)10(5-7)15-2/h4-5,9,13-14H,6H2,1-3H3. The minimum atomic E-state index is -0.0895. The zero-order valence-corrected chi connectivity index (χ0v) is 11.7. The van der Waals surface area contributed by atoms with E-state index in [1.54, 1.807) is 14.2 Å². The Balaban J connectivity index is 3.19. The van der Waals surface area contributed by atoms with Gasteiger partial charge in [0.05, 0.1) is 30.4 Å². The van der Waals surface area contributed by atoms with Crippen molar-refractivity contribution in [3.05, 3.63) is 21.3 Å². The van der Waals surface area contributed by atoms with Gasteiger partial charge in [0.25, 0.3) is 0 Å². The number of nitrogens with one attached hydrogen (secondary N) is 1. The lowest BCUT2D eigenvalue weighted by atomic mass is 10.1. The number of rotatable bonds is 5. The number of aliphatic hydroxyl groups excluding tert-OH is 1. The highest BCUT2D eigenvalue weighted by Crippen LogP contribution is 2.35. The minimum Gasteiger partial charge on any atom is -0.493 e. The number of ether oxygens (including phenoxy) is 2. The first-order valence-electron chi connectivity index (χ1n) is 4.87. The second-order valence-electron chi connectivity index (χ2n) is 3.26. The summed E-state index contributed by atoms with van der Waals surface area (Å²) in [6, 6.07) is 3.76. The van der Waals surface area contributed by atoms with Crippen LogP contribution in [0.3, 0.4) is 0 Å². The average molecular weight is 337 g/mol. The molecule has 16 heavy (non-hydrogen) atoms. The molecule has 0 aliphatic carbocycles. The molecule has 1 unspecified atom stereocenters. The van der Waals surface area contributed by atoms with E-state index in [9.17, 15) is 5.11 Å². The predicted molar refractivity (Wildman–Crippen MR) is 71.1 cm³/mol. The fourth-order valence-corrected chi connectivity index (χ4v) is 2.35. The van der Waals surface area contributed by atoms with Crippen molar-refractivity contribution in [2.24, 2.45) is 0 Å². The van der Waals surface area contributed by atoms with Crippen molar-refractivity contribution in [3.8, 4) is 11.5 Å². The molecule has 1 aromatic rings. The molecule has 1 rings (SSSR count). The third-order valence-corrected chi connectivity index (χ3v) is 3.19. The van der Waals surface area contributed by atoms with Gasteiger partial charge in [-0.15, -0.1) is 0 Å². The van der Waals surface area contributed by atoms with E-state index in [4.69, 9.17) is 9.47 Å². The van der Waals surface area contributed by atoms with E-state index >= 15 is 0 Å². The van der Waals surface area contributed by atoms with E-state index in [0.717, 1.165) is 14.9 Å². The fraction of sp³-hybridized carbons (Fsp3) is 0.455. The molecule has 0 aromatic heterocycles. The van der Waals surface area contributed by atoms with Crippen molar-refractivity contribution in [3.63, 3.8) is 0 Å². The van der Waals surface area contributed by atoms with E-state index in [1.165, 1.54) is 0 Å². The molecule has 0 fully saturated rings. The molecule has 0 radical (unpaired) electrons. The van der Waals surface area contributed by atoms with Gasteiger partial charge < -0.3 is 19.9 Å². The van der Waals surface area contributed by atoms with Gasteiger partial charge >= 0.3 is 0 Å². The third-order valence-electron chi connectivity index (χ3n) is 2.39. The maximum Gasteiger partial charge on any atom is 0.174 e. The Hall–Kier alpha value is -0.530. The highest BCUT2D eigenvalue weighted by atomic mass is 127. The number of hydrogen-bond donors (Lipinski definition) is 2. The molecule has 1 atom stereocenters. The summed E-state index contributed by atoms with van der Waals surface area (Å²) in [5.74, 6) is 1.40. The first-order valence-corrected chi connectivity index (χ1v) is 5.95. The van der Waals surface area contributed by atoms with Crippen molar-refractivity contribution in [2.45, 2.75) is 6.04 Å². The molecular weight excluding hydrogens is 321 g/mol. The zero-order valence-electron chi connectivity index (χ0n) is 9.58. The van der Waals surface area contributed by atoms with Crippen LogP contribution in [0.2, 0.25) is 0 Å². The largest absolute Gasteiger partial charge is 0.493 e. The number of hydrogen-bond acceptors (Lipinski definition) is 4. The van der Waals surface area contributed by atoms with Gasteiger partial charge in [0.2, 0.25) is 0 Å². The highest BCUT2D eigenvalue weighted by molar-refractivity contribution is 14.1. The van der Waals surface area contributed by atoms with Crippen LogP contribution in [0.15, 0.2) is 12.1 Å². The van der Waals surface area contributed by atoms with Crippen LogP contribution in [0.1, 0.15) is 11.6 Å². The first-order chi connectivity index (χ1) is 7.67. The lowest BCUT2D eigenvalue weighted by Gasteiger charge is -2.17. The van der Waals surface area contributed by atoms with Crippen LogP contribution in [-0.4, -0.2) is 33.0 Å². The van der Waals surface area contributed by atoms with Gasteiger partial charge in [-0.2, -0.15) is 0 Å². The molecule has 0 amide bonds. The average Bonchev–Trinajstić information content (AvgIpc) is 2.29. The summed E-state index contributed by atoms with van der Waals surface area (Å²) in [7, 11) is 5.02. The SMILES string of the molecule is CNC(CO)c1cc(I)c(OC)c(OC)c1. The van der Waals surface area contributed by atoms with Gasteiger partial charge in [0, 0.05) is 0 Å². The number of halogens is 1. The van der Waals surface area contributed by atoms with E-state index in [1.807, 2.05) is 19.2 Å². The van der Waals surface area contributed by atoms with Gasteiger partial charge in [-0.25, -0.2) is 0 Å². The summed E-state index contributed by atoms with van der Waals surface area (Å²) in [5, 5.41) is 12.3. The number of aliphatic hydroxyl groups is 1. The van der Waals surface area contributed by atoms with Gasteiger partial charge in [0.1, 0.15) is 0 Å². The maximum atomic E-state index is 9.22. The Kier molecular flexibility index (Phi) is 5.30. The Labute approximate surface area is 109 Å². The minimum absolute atomic E-state index is 0.0437. The molecule has 0 heterocycles. The summed E-state index contributed by atoms with van der Waals surface area (Å²) in [6.45, 7) is 0.0437. The molecule has 0 aliphatic rings. The second-order valence-corrected chi connectivity index (χ2v) is 4.42. The first kappa shape index (κ1) is 13.5. The summed E-state index contributed by atoms with van der Waals surface area (Å²) in [4.78, 5) is 0. The van der Waals surface area contributed by atoms with Gasteiger partial charge in [-0.3, -0.25) is 0 Å². The highest BCUT2D eigenvalue weighted by Gasteiger charge is 2.15. The normalized spacial score (nSPS) is 12.3. The topological polar surface area (TPSA) is 50.7 Å². The summed E-state index contributed by atoms with van der Waals surface area (Å²) in [6.07, 6.45) is 0. The summed E-state index contributed by atoms with van der Waals surface area (Å²) >= 11 is 2.19. The van der Waals surface area contributed by atoms with Crippen LogP contribution in [-0.2, 0) is 0 Å². The Morgan fingerprint density at radius 2 is 2.06 bits per heavy atom. The molecule has 2 N–H and O–H groups in total. The molecule has 4 nitrogen and oxygen atoms in total. The third kappa shape index (κ3) is 2.78. The van der Waals surface area contributed by atoms with Crippen molar-refractivity contribution in [1.82, 2.24) is 5.32 Å². The molecule has 0 spiro atoms. The summed E-state index contributed by atoms with van der Waals surface area (Å²) in [5.41, 5.74) is 0.979. The van der Waals surface area contributed by atoms with Gasteiger partial charge in [-0.05, 0) is 47.3 Å². The van der Waals surface area contributed by atoms with Gasteiger partial charge in [0.15, 0.2) is 11.5 Å². The zero-order chi connectivity index (χ0) is 12.1. The number of methoxy groups -OCH3 is 2. The van der Waals surface area contributed by atoms with Crippen molar-refractivity contribution < 1.29 is 14.6 Å². The lowest BCUT2D eigenvalue weighted by molar-refractivity contribution is 0.250. The molecule has 1 aromatic carbocycles. The van der Waals surface area contributed by atoms with Crippen LogP contribution in [0.5, 0.6) is 11.5 Å². The van der Waals surface area contributed by atoms with Crippen LogP contribution in [0.4, 0.5) is 0 Å². The van der Waals surface area contributed by atoms with Crippen LogP contribution >= 0.6 is 22.6 Å². The molecule has 0 saturated heterocycles. The number of likely N-dealkylation sites (N-methyl/N-ethyl adjacent to an activating group) is 1. The van der Waals surface area contributed by atoms with E-state index < -0.39 is 0 Å². The molecule has 90 valence electrons. The van der Waals surface area contributed by atoms with Crippen molar-refractivity contribution in [2.75, 3.05) is 27.9 Å². The molecular formula is C11H16INO3. The lowest BCUT2D eigenvalue weighted by Crippen LogP contribution is -2.20. The fourth-order valence-electron chi connectivity index (χ4n) is 1.50. The van der Waals surface area contributed by atoms with E-state index in [-0.39, 0.29) is 12.6 Å². The summed E-state index contributed by atoms with van der Waals surface area (Å²) < 4.78 is 11.5. The van der Waals surface area contributed by atoms with Crippen molar-refractivity contribution >= 4 is 22.6 Å². The van der Waals surface area contributed by atoms with Crippen molar-refractivity contribution in [1.29, 1.82) is 0 Å².